The van der Waals surface area contributed by atoms with Crippen molar-refractivity contribution in [3.05, 3.63) is 29.8 Å². The molecular weight excluding hydrogens is 432 g/mol. The Labute approximate surface area is 201 Å². The number of rotatable bonds is 4. The number of anilines is 1. The van der Waals surface area contributed by atoms with Crippen LogP contribution in [0.4, 0.5) is 5.69 Å². The summed E-state index contributed by atoms with van der Waals surface area (Å²) in [5.74, 6) is -0.140. The van der Waals surface area contributed by atoms with E-state index in [0.29, 0.717) is 52.5 Å². The average molecular weight is 469 g/mol. The third kappa shape index (κ3) is 4.84. The highest BCUT2D eigenvalue weighted by molar-refractivity contribution is 5.99. The van der Waals surface area contributed by atoms with Gasteiger partial charge in [0.25, 0.3) is 0 Å². The van der Waals surface area contributed by atoms with E-state index in [1.54, 1.807) is 0 Å². The third-order valence-corrected chi connectivity index (χ3v) is 7.96. The maximum absolute atomic E-state index is 13.6. The van der Waals surface area contributed by atoms with Gasteiger partial charge in [-0.2, -0.15) is 0 Å². The number of fused-ring (bicyclic) bond motifs is 1. The molecule has 1 aromatic rings. The second kappa shape index (κ2) is 10.4. The summed E-state index contributed by atoms with van der Waals surface area (Å²) in [7, 11) is 0. The van der Waals surface area contributed by atoms with E-state index in [-0.39, 0.29) is 29.6 Å². The first-order chi connectivity index (χ1) is 16.6. The van der Waals surface area contributed by atoms with Crippen molar-refractivity contribution < 1.29 is 19.1 Å². The van der Waals surface area contributed by atoms with Crippen molar-refractivity contribution in [3.63, 3.8) is 0 Å². The Hall–Kier alpha value is -2.45. The molecular formula is C26H36N4O4. The highest BCUT2D eigenvalue weighted by Crippen LogP contribution is 2.36. The Morgan fingerprint density at radius 2 is 1.44 bits per heavy atom. The SMILES string of the molecule is O=C(CN1CCOCC1)N1CCN(C(=O)C2CCCCC2C(=O)N2CCc3ccccc32)CC1. The van der Waals surface area contributed by atoms with Crippen LogP contribution in [-0.2, 0) is 25.5 Å². The van der Waals surface area contributed by atoms with Gasteiger partial charge in [-0.25, -0.2) is 0 Å². The number of carbonyl (C=O) groups is 3. The topological polar surface area (TPSA) is 73.4 Å². The standard InChI is InChI=1S/C26H36N4O4/c31-24(19-27-15-17-34-18-16-27)28-11-13-29(14-12-28)25(32)21-6-2-3-7-22(21)26(33)30-10-9-20-5-1-4-8-23(20)30/h1,4-5,8,21-22H,2-3,6-7,9-19H2. The second-order valence-electron chi connectivity index (χ2n) is 9.96. The number of para-hydroxylation sites is 1. The fourth-order valence-corrected chi connectivity index (χ4v) is 5.95. The van der Waals surface area contributed by atoms with Crippen molar-refractivity contribution in [1.82, 2.24) is 14.7 Å². The van der Waals surface area contributed by atoms with E-state index >= 15 is 0 Å². The largest absolute Gasteiger partial charge is 0.379 e. The maximum atomic E-state index is 13.6. The highest BCUT2D eigenvalue weighted by atomic mass is 16.5. The Balaban J connectivity index is 1.18. The first-order valence-electron chi connectivity index (χ1n) is 12.9. The Morgan fingerprint density at radius 3 is 2.18 bits per heavy atom. The van der Waals surface area contributed by atoms with E-state index < -0.39 is 0 Å². The molecule has 8 heteroatoms. The maximum Gasteiger partial charge on any atom is 0.236 e. The van der Waals surface area contributed by atoms with Crippen LogP contribution in [0, 0.1) is 11.8 Å². The van der Waals surface area contributed by atoms with E-state index in [4.69, 9.17) is 4.74 Å². The molecule has 2 atom stereocenters. The van der Waals surface area contributed by atoms with Crippen molar-refractivity contribution in [2.75, 3.05) is 70.5 Å². The summed E-state index contributed by atoms with van der Waals surface area (Å²) < 4.78 is 5.36. The van der Waals surface area contributed by atoms with E-state index in [0.717, 1.165) is 50.9 Å². The van der Waals surface area contributed by atoms with Gasteiger partial charge in [0, 0.05) is 57.4 Å². The smallest absolute Gasteiger partial charge is 0.236 e. The zero-order chi connectivity index (χ0) is 23.5. The molecule has 5 rings (SSSR count). The molecule has 1 aliphatic carbocycles. The quantitative estimate of drug-likeness (QED) is 0.668. The van der Waals surface area contributed by atoms with Crippen LogP contribution in [0.2, 0.25) is 0 Å². The summed E-state index contributed by atoms with van der Waals surface area (Å²) in [6.07, 6.45) is 4.44. The van der Waals surface area contributed by atoms with Crippen LogP contribution in [0.3, 0.4) is 0 Å². The lowest BCUT2D eigenvalue weighted by atomic mass is 9.77. The van der Waals surface area contributed by atoms with E-state index in [2.05, 4.69) is 11.0 Å². The summed E-state index contributed by atoms with van der Waals surface area (Å²) in [4.78, 5) is 47.7. The summed E-state index contributed by atoms with van der Waals surface area (Å²) in [5.41, 5.74) is 2.23. The van der Waals surface area contributed by atoms with Gasteiger partial charge in [0.2, 0.25) is 17.7 Å². The van der Waals surface area contributed by atoms with Gasteiger partial charge >= 0.3 is 0 Å². The molecule has 4 aliphatic rings. The number of morpholine rings is 1. The van der Waals surface area contributed by atoms with Gasteiger partial charge in [-0.15, -0.1) is 0 Å². The molecule has 1 aromatic carbocycles. The summed E-state index contributed by atoms with van der Waals surface area (Å²) in [6.45, 7) is 6.33. The summed E-state index contributed by atoms with van der Waals surface area (Å²) in [5, 5.41) is 0. The number of hydrogen-bond donors (Lipinski definition) is 0. The lowest BCUT2D eigenvalue weighted by molar-refractivity contribution is -0.147. The van der Waals surface area contributed by atoms with Crippen molar-refractivity contribution in [2.24, 2.45) is 11.8 Å². The predicted octanol–water partition coefficient (Wildman–Crippen LogP) is 1.39. The molecule has 2 saturated heterocycles. The molecule has 34 heavy (non-hydrogen) atoms. The Bertz CT molecular complexity index is 908. The molecule has 0 N–H and O–H groups in total. The molecule has 0 aromatic heterocycles. The number of amides is 3. The minimum Gasteiger partial charge on any atom is -0.379 e. The molecule has 3 fully saturated rings. The van der Waals surface area contributed by atoms with Gasteiger partial charge in [0.05, 0.1) is 25.7 Å². The molecule has 0 radical (unpaired) electrons. The number of piperazine rings is 1. The van der Waals surface area contributed by atoms with Gasteiger partial charge < -0.3 is 19.4 Å². The van der Waals surface area contributed by atoms with Crippen LogP contribution in [0.15, 0.2) is 24.3 Å². The number of benzene rings is 1. The lowest BCUT2D eigenvalue weighted by Crippen LogP contribution is -2.55. The summed E-state index contributed by atoms with van der Waals surface area (Å²) in [6, 6.07) is 8.11. The predicted molar refractivity (Wildman–Crippen MR) is 128 cm³/mol. The molecule has 0 bridgehead atoms. The molecule has 3 amide bonds. The van der Waals surface area contributed by atoms with Crippen molar-refractivity contribution in [1.29, 1.82) is 0 Å². The zero-order valence-corrected chi connectivity index (χ0v) is 20.0. The normalized spacial score (nSPS) is 25.8. The molecule has 184 valence electrons. The minimum atomic E-state index is -0.246. The van der Waals surface area contributed by atoms with Crippen molar-refractivity contribution in [2.45, 2.75) is 32.1 Å². The number of hydrogen-bond acceptors (Lipinski definition) is 5. The van der Waals surface area contributed by atoms with Gasteiger partial charge in [0.15, 0.2) is 0 Å². The van der Waals surface area contributed by atoms with Crippen LogP contribution in [0.1, 0.15) is 31.2 Å². The van der Waals surface area contributed by atoms with E-state index in [1.807, 2.05) is 32.9 Å². The number of nitrogens with zero attached hydrogens (tertiary/aromatic N) is 4. The Kier molecular flexibility index (Phi) is 7.15. The highest BCUT2D eigenvalue weighted by Gasteiger charge is 2.41. The van der Waals surface area contributed by atoms with Crippen molar-refractivity contribution in [3.8, 4) is 0 Å². The van der Waals surface area contributed by atoms with Crippen LogP contribution in [-0.4, -0.2) is 98.0 Å². The third-order valence-electron chi connectivity index (χ3n) is 7.96. The molecule has 3 aliphatic heterocycles. The molecule has 0 spiro atoms. The first-order valence-corrected chi connectivity index (χ1v) is 12.9. The monoisotopic (exact) mass is 468 g/mol. The zero-order valence-electron chi connectivity index (χ0n) is 20.0. The van der Waals surface area contributed by atoms with Crippen molar-refractivity contribution >= 4 is 23.4 Å². The van der Waals surface area contributed by atoms with Crippen LogP contribution in [0.25, 0.3) is 0 Å². The van der Waals surface area contributed by atoms with E-state index in [9.17, 15) is 14.4 Å². The number of ether oxygens (including phenoxy) is 1. The van der Waals surface area contributed by atoms with Gasteiger partial charge in [0.1, 0.15) is 0 Å². The molecule has 2 unspecified atom stereocenters. The average Bonchev–Trinajstić information content (AvgIpc) is 3.33. The second-order valence-corrected chi connectivity index (χ2v) is 9.96. The fraction of sp³-hybridized carbons (Fsp3) is 0.654. The first kappa shape index (κ1) is 23.3. The molecule has 3 heterocycles. The van der Waals surface area contributed by atoms with Gasteiger partial charge in [-0.05, 0) is 30.9 Å². The van der Waals surface area contributed by atoms with E-state index in [1.165, 1.54) is 5.56 Å². The molecule has 1 saturated carbocycles. The Morgan fingerprint density at radius 1 is 0.794 bits per heavy atom. The van der Waals surface area contributed by atoms with Crippen LogP contribution in [0.5, 0.6) is 0 Å². The summed E-state index contributed by atoms with van der Waals surface area (Å²) >= 11 is 0. The number of carbonyl (C=O) groups excluding carboxylic acids is 3. The fourth-order valence-electron chi connectivity index (χ4n) is 5.95. The van der Waals surface area contributed by atoms with Gasteiger partial charge in [-0.1, -0.05) is 31.0 Å². The van der Waals surface area contributed by atoms with Gasteiger partial charge in [-0.3, -0.25) is 19.3 Å². The van der Waals surface area contributed by atoms with Crippen LogP contribution >= 0.6 is 0 Å². The minimum absolute atomic E-state index is 0.103. The molecule has 8 nitrogen and oxygen atoms in total. The lowest BCUT2D eigenvalue weighted by Gasteiger charge is -2.40. The van der Waals surface area contributed by atoms with Crippen LogP contribution < -0.4 is 4.90 Å².